The molecule has 3 aromatic rings. The normalized spacial score (nSPS) is 15.0. The molecular weight excluding hydrogens is 424 g/mol. The van der Waals surface area contributed by atoms with E-state index in [-0.39, 0.29) is 17.1 Å². The van der Waals surface area contributed by atoms with E-state index in [4.69, 9.17) is 4.74 Å². The molecule has 1 saturated heterocycles. The number of rotatable bonds is 5. The monoisotopic (exact) mass is 446 g/mol. The Bertz CT molecular complexity index is 1240. The maximum Gasteiger partial charge on any atom is 0.338 e. The summed E-state index contributed by atoms with van der Waals surface area (Å²) >= 11 is 0.931. The van der Waals surface area contributed by atoms with Crippen LogP contribution in [0, 0.1) is 13.8 Å². The molecule has 0 spiro atoms. The Hall–Kier alpha value is -3.58. The Kier molecular flexibility index (Phi) is 6.01. The van der Waals surface area contributed by atoms with Crippen LogP contribution in [0.4, 0.5) is 10.5 Å². The topological polar surface area (TPSA) is 68.6 Å². The van der Waals surface area contributed by atoms with Crippen molar-refractivity contribution in [1.82, 2.24) is 4.57 Å². The van der Waals surface area contributed by atoms with Crippen molar-refractivity contribution < 1.29 is 19.1 Å². The fourth-order valence-corrected chi connectivity index (χ4v) is 4.56. The van der Waals surface area contributed by atoms with Crippen LogP contribution < -0.4 is 4.90 Å². The second kappa shape index (κ2) is 8.88. The number of para-hydroxylation sites is 1. The van der Waals surface area contributed by atoms with Crippen molar-refractivity contribution in [2.75, 3.05) is 11.5 Å². The molecule has 32 heavy (non-hydrogen) atoms. The van der Waals surface area contributed by atoms with Crippen molar-refractivity contribution >= 4 is 40.6 Å². The van der Waals surface area contributed by atoms with E-state index in [2.05, 4.69) is 0 Å². The molecule has 1 aromatic heterocycles. The molecule has 7 heteroatoms. The van der Waals surface area contributed by atoms with Crippen LogP contribution in [0.25, 0.3) is 11.8 Å². The number of imide groups is 1. The van der Waals surface area contributed by atoms with Crippen LogP contribution >= 0.6 is 11.8 Å². The minimum absolute atomic E-state index is 0.312. The molecule has 0 unspecified atom stereocenters. The average Bonchev–Trinajstić information content (AvgIpc) is 3.22. The third kappa shape index (κ3) is 3.99. The van der Waals surface area contributed by atoms with Crippen LogP contribution in [0.15, 0.2) is 65.6 Å². The van der Waals surface area contributed by atoms with Crippen LogP contribution in [0.1, 0.15) is 34.2 Å². The van der Waals surface area contributed by atoms with E-state index in [0.29, 0.717) is 22.8 Å². The number of hydrogen-bond donors (Lipinski definition) is 0. The Morgan fingerprint density at radius 1 is 1.00 bits per heavy atom. The fraction of sp³-hybridized carbons (Fsp3) is 0.160. The quantitative estimate of drug-likeness (QED) is 0.382. The van der Waals surface area contributed by atoms with Gasteiger partial charge in [0.1, 0.15) is 0 Å². The zero-order valence-electron chi connectivity index (χ0n) is 18.0. The van der Waals surface area contributed by atoms with Crippen molar-refractivity contribution in [3.05, 3.63) is 88.1 Å². The molecule has 1 fully saturated rings. The van der Waals surface area contributed by atoms with Gasteiger partial charge in [0.15, 0.2) is 0 Å². The van der Waals surface area contributed by atoms with E-state index in [1.165, 1.54) is 4.90 Å². The van der Waals surface area contributed by atoms with Crippen molar-refractivity contribution in [1.29, 1.82) is 0 Å². The van der Waals surface area contributed by atoms with Crippen LogP contribution in [0.2, 0.25) is 0 Å². The summed E-state index contributed by atoms with van der Waals surface area (Å²) < 4.78 is 7.12. The van der Waals surface area contributed by atoms with Gasteiger partial charge >= 0.3 is 5.97 Å². The molecule has 0 N–H and O–H groups in total. The summed E-state index contributed by atoms with van der Waals surface area (Å²) in [5, 5.41) is -0.316. The average molecular weight is 447 g/mol. The van der Waals surface area contributed by atoms with Gasteiger partial charge in [-0.1, -0.05) is 24.3 Å². The van der Waals surface area contributed by atoms with E-state index in [0.717, 1.165) is 34.4 Å². The molecule has 6 nitrogen and oxygen atoms in total. The van der Waals surface area contributed by atoms with Gasteiger partial charge in [-0.05, 0) is 80.6 Å². The summed E-state index contributed by atoms with van der Waals surface area (Å²) in [6.45, 7) is 5.98. The smallest absolute Gasteiger partial charge is 0.338 e. The predicted molar refractivity (Wildman–Crippen MR) is 126 cm³/mol. The SMILES string of the molecule is CCOC(=O)c1cccc(-n2c(C)cc(C=C3SC(=O)N(c4ccccc4)C3=O)c2C)c1. The fourth-order valence-electron chi connectivity index (χ4n) is 3.73. The summed E-state index contributed by atoms with van der Waals surface area (Å²) in [5.41, 5.74) is 4.53. The van der Waals surface area contributed by atoms with Crippen molar-refractivity contribution in [2.45, 2.75) is 20.8 Å². The molecular formula is C25H22N2O4S. The minimum Gasteiger partial charge on any atom is -0.462 e. The standard InChI is InChI=1S/C25H22N2O4S/c1-4-31-24(29)18-9-8-12-21(14-18)26-16(2)13-19(17(26)3)15-22-23(28)27(25(30)32-22)20-10-6-5-7-11-20/h5-15H,4H2,1-3H3. The van der Waals surface area contributed by atoms with Gasteiger partial charge in [-0.25, -0.2) is 9.69 Å². The van der Waals surface area contributed by atoms with Gasteiger partial charge < -0.3 is 9.30 Å². The molecule has 162 valence electrons. The molecule has 0 atom stereocenters. The first-order valence-electron chi connectivity index (χ1n) is 10.2. The van der Waals surface area contributed by atoms with Gasteiger partial charge in [-0.15, -0.1) is 0 Å². The molecule has 0 aliphatic carbocycles. The van der Waals surface area contributed by atoms with Crippen LogP contribution in [0.5, 0.6) is 0 Å². The number of thioether (sulfide) groups is 1. The number of carbonyl (C=O) groups excluding carboxylic acids is 3. The number of anilines is 1. The first-order chi connectivity index (χ1) is 15.4. The minimum atomic E-state index is -0.369. The highest BCUT2D eigenvalue weighted by Crippen LogP contribution is 2.36. The Labute approximate surface area is 190 Å². The number of esters is 1. The summed E-state index contributed by atoms with van der Waals surface area (Å²) in [7, 11) is 0. The molecule has 0 radical (unpaired) electrons. The lowest BCUT2D eigenvalue weighted by molar-refractivity contribution is -0.113. The van der Waals surface area contributed by atoms with E-state index in [1.54, 1.807) is 49.4 Å². The number of aromatic nitrogens is 1. The van der Waals surface area contributed by atoms with Gasteiger partial charge in [0.2, 0.25) is 0 Å². The van der Waals surface area contributed by atoms with Crippen LogP contribution in [-0.2, 0) is 9.53 Å². The number of aryl methyl sites for hydroxylation is 1. The zero-order chi connectivity index (χ0) is 22.8. The van der Waals surface area contributed by atoms with E-state index in [9.17, 15) is 14.4 Å². The first kappa shape index (κ1) is 21.6. The van der Waals surface area contributed by atoms with Crippen molar-refractivity contribution in [2.24, 2.45) is 0 Å². The lowest BCUT2D eigenvalue weighted by Gasteiger charge is -2.12. The molecule has 1 aliphatic rings. The Morgan fingerprint density at radius 3 is 2.44 bits per heavy atom. The molecule has 0 saturated carbocycles. The predicted octanol–water partition coefficient (Wildman–Crippen LogP) is 5.51. The molecule has 2 amide bonds. The Balaban J connectivity index is 1.68. The van der Waals surface area contributed by atoms with Crippen LogP contribution in [0.3, 0.4) is 0 Å². The van der Waals surface area contributed by atoms with Gasteiger partial charge in [0, 0.05) is 17.1 Å². The van der Waals surface area contributed by atoms with Crippen LogP contribution in [-0.4, -0.2) is 28.3 Å². The number of ether oxygens (including phenoxy) is 1. The molecule has 2 heterocycles. The first-order valence-corrected chi connectivity index (χ1v) is 11.0. The van der Waals surface area contributed by atoms with Crippen molar-refractivity contribution in [3.8, 4) is 5.69 Å². The van der Waals surface area contributed by atoms with Gasteiger partial charge in [0.25, 0.3) is 11.1 Å². The van der Waals surface area contributed by atoms with Crippen molar-refractivity contribution in [3.63, 3.8) is 0 Å². The maximum absolute atomic E-state index is 12.9. The second-order valence-electron chi connectivity index (χ2n) is 7.29. The summed E-state index contributed by atoms with van der Waals surface area (Å²) in [6, 6.07) is 18.1. The highest BCUT2D eigenvalue weighted by atomic mass is 32.2. The third-order valence-electron chi connectivity index (χ3n) is 5.18. The van der Waals surface area contributed by atoms with E-state index in [1.807, 2.05) is 42.7 Å². The van der Waals surface area contributed by atoms with E-state index >= 15 is 0 Å². The highest BCUT2D eigenvalue weighted by molar-refractivity contribution is 8.19. The maximum atomic E-state index is 12.9. The number of benzene rings is 2. The summed E-state index contributed by atoms with van der Waals surface area (Å²) in [6.07, 6.45) is 1.75. The third-order valence-corrected chi connectivity index (χ3v) is 6.05. The number of amides is 2. The highest BCUT2D eigenvalue weighted by Gasteiger charge is 2.36. The number of hydrogen-bond acceptors (Lipinski definition) is 5. The zero-order valence-corrected chi connectivity index (χ0v) is 18.8. The summed E-state index contributed by atoms with van der Waals surface area (Å²) in [4.78, 5) is 39.1. The molecule has 2 aromatic carbocycles. The second-order valence-corrected chi connectivity index (χ2v) is 8.28. The molecule has 0 bridgehead atoms. The summed E-state index contributed by atoms with van der Waals surface area (Å²) in [5.74, 6) is -0.702. The lowest BCUT2D eigenvalue weighted by atomic mass is 10.2. The Morgan fingerprint density at radius 2 is 1.72 bits per heavy atom. The molecule has 4 rings (SSSR count). The largest absolute Gasteiger partial charge is 0.462 e. The van der Waals surface area contributed by atoms with Gasteiger partial charge in [-0.2, -0.15) is 0 Å². The number of carbonyl (C=O) groups is 3. The molecule has 1 aliphatic heterocycles. The number of nitrogens with zero attached hydrogens (tertiary/aromatic N) is 2. The lowest BCUT2D eigenvalue weighted by Crippen LogP contribution is -2.27. The van der Waals surface area contributed by atoms with Gasteiger partial charge in [-0.3, -0.25) is 9.59 Å². The van der Waals surface area contributed by atoms with E-state index < -0.39 is 0 Å². The van der Waals surface area contributed by atoms with Gasteiger partial charge in [0.05, 0.1) is 22.8 Å².